The number of benzene rings is 1. The number of rotatable bonds is 6. The maximum atomic E-state index is 13.3. The summed E-state index contributed by atoms with van der Waals surface area (Å²) in [7, 11) is 0. The van der Waals surface area contributed by atoms with Crippen LogP contribution < -0.4 is 5.32 Å². The number of hydrogen-bond acceptors (Lipinski definition) is 7. The van der Waals surface area contributed by atoms with E-state index in [1.54, 1.807) is 21.8 Å². The van der Waals surface area contributed by atoms with E-state index in [4.69, 9.17) is 9.72 Å². The van der Waals surface area contributed by atoms with Crippen LogP contribution in [-0.2, 0) is 4.74 Å². The van der Waals surface area contributed by atoms with Crippen molar-refractivity contribution in [1.29, 1.82) is 0 Å². The lowest BCUT2D eigenvalue weighted by Crippen LogP contribution is -2.35. The number of anilines is 2. The zero-order valence-electron chi connectivity index (χ0n) is 22.4. The highest BCUT2D eigenvalue weighted by Crippen LogP contribution is 2.33. The first-order chi connectivity index (χ1) is 19.6. The second kappa shape index (κ2) is 11.2. The molecule has 0 radical (unpaired) electrons. The molecule has 1 atom stereocenters. The van der Waals surface area contributed by atoms with E-state index in [1.165, 1.54) is 0 Å². The monoisotopic (exact) mass is 537 g/mol. The number of nitrogens with one attached hydrogen (secondary N) is 1. The third-order valence-electron chi connectivity index (χ3n) is 7.44. The average Bonchev–Trinajstić information content (AvgIpc) is 3.65. The predicted molar refractivity (Wildman–Crippen MR) is 151 cm³/mol. The molecule has 10 heteroatoms. The molecule has 4 aromatic rings. The molecule has 40 heavy (non-hydrogen) atoms. The van der Waals surface area contributed by atoms with Crippen LogP contribution in [0.3, 0.4) is 0 Å². The van der Waals surface area contributed by atoms with E-state index < -0.39 is 0 Å². The number of nitrogens with zero attached hydrogens (tertiary/aromatic N) is 6. The molecule has 1 fully saturated rings. The van der Waals surface area contributed by atoms with E-state index in [0.29, 0.717) is 37.6 Å². The smallest absolute Gasteiger partial charge is 0.410 e. The molecule has 0 spiro atoms. The van der Waals surface area contributed by atoms with Gasteiger partial charge < -0.3 is 19.9 Å². The van der Waals surface area contributed by atoms with Gasteiger partial charge in [-0.25, -0.2) is 9.31 Å². The molecular weight excluding hydrogens is 506 g/mol. The highest BCUT2D eigenvalue weighted by Gasteiger charge is 2.30. The number of aromatic nitrogens is 4. The molecule has 5 heterocycles. The van der Waals surface area contributed by atoms with Crippen molar-refractivity contribution in [2.24, 2.45) is 0 Å². The van der Waals surface area contributed by atoms with Gasteiger partial charge in [-0.1, -0.05) is 6.08 Å². The van der Waals surface area contributed by atoms with Crippen LogP contribution in [0.15, 0.2) is 73.2 Å². The van der Waals surface area contributed by atoms with E-state index >= 15 is 0 Å². The Morgan fingerprint density at radius 1 is 1.07 bits per heavy atom. The van der Waals surface area contributed by atoms with Gasteiger partial charge in [0.25, 0.3) is 5.91 Å². The lowest BCUT2D eigenvalue weighted by atomic mass is 10.0. The van der Waals surface area contributed by atoms with Gasteiger partial charge in [-0.15, -0.1) is 5.10 Å². The molecule has 0 aliphatic carbocycles. The van der Waals surface area contributed by atoms with Gasteiger partial charge in [-0.2, -0.15) is 4.98 Å². The zero-order chi connectivity index (χ0) is 27.5. The number of amides is 2. The fourth-order valence-corrected chi connectivity index (χ4v) is 5.44. The van der Waals surface area contributed by atoms with Crippen molar-refractivity contribution in [1.82, 2.24) is 29.4 Å². The Hall–Kier alpha value is -4.73. The first-order valence-corrected chi connectivity index (χ1v) is 13.6. The Balaban J connectivity index is 1.15. The summed E-state index contributed by atoms with van der Waals surface area (Å²) in [5.41, 5.74) is 5.42. The molecule has 0 bridgehead atoms. The molecule has 1 aromatic carbocycles. The molecule has 1 unspecified atom stereocenters. The highest BCUT2D eigenvalue weighted by molar-refractivity contribution is 5.95. The van der Waals surface area contributed by atoms with E-state index in [1.807, 2.05) is 72.6 Å². The topological polar surface area (TPSA) is 105 Å². The molecular formula is C30H31N7O3. The summed E-state index contributed by atoms with van der Waals surface area (Å²) in [6, 6.07) is 15.5. The summed E-state index contributed by atoms with van der Waals surface area (Å²) in [4.78, 5) is 37.9. The van der Waals surface area contributed by atoms with Crippen molar-refractivity contribution in [3.63, 3.8) is 0 Å². The summed E-state index contributed by atoms with van der Waals surface area (Å²) in [6.45, 7) is 4.02. The maximum Gasteiger partial charge on any atom is 0.410 e. The van der Waals surface area contributed by atoms with Crippen molar-refractivity contribution in [3.05, 3.63) is 89.9 Å². The van der Waals surface area contributed by atoms with Crippen LogP contribution in [0.5, 0.6) is 0 Å². The first-order valence-electron chi connectivity index (χ1n) is 13.6. The van der Waals surface area contributed by atoms with Crippen molar-refractivity contribution >= 4 is 34.9 Å². The fraction of sp³-hybridized carbons (Fsp3) is 0.300. The number of fused-ring (bicyclic) bond motifs is 1. The Kier molecular flexibility index (Phi) is 7.13. The lowest BCUT2D eigenvalue weighted by Gasteiger charge is -2.25. The number of likely N-dealkylation sites (tertiary alicyclic amines) is 1. The number of ether oxygens (including phenoxy) is 1. The number of hydrogen-bond donors (Lipinski definition) is 1. The van der Waals surface area contributed by atoms with E-state index in [-0.39, 0.29) is 18.0 Å². The van der Waals surface area contributed by atoms with Crippen LogP contribution in [0, 0.1) is 0 Å². The molecule has 1 N–H and O–H groups in total. The quantitative estimate of drug-likeness (QED) is 0.365. The van der Waals surface area contributed by atoms with E-state index in [0.717, 1.165) is 47.4 Å². The fourth-order valence-electron chi connectivity index (χ4n) is 5.44. The molecule has 2 amide bonds. The molecule has 2 aliphatic heterocycles. The lowest BCUT2D eigenvalue weighted by molar-refractivity contribution is 0.0735. The molecule has 3 aromatic heterocycles. The predicted octanol–water partition coefficient (Wildman–Crippen LogP) is 5.09. The summed E-state index contributed by atoms with van der Waals surface area (Å²) in [6.07, 6.45) is 9.83. The Bertz CT molecular complexity index is 1550. The van der Waals surface area contributed by atoms with Crippen molar-refractivity contribution < 1.29 is 14.3 Å². The van der Waals surface area contributed by atoms with Crippen LogP contribution in [-0.4, -0.2) is 67.6 Å². The second-order valence-electron chi connectivity index (χ2n) is 9.89. The Morgan fingerprint density at radius 3 is 2.65 bits per heavy atom. The van der Waals surface area contributed by atoms with Gasteiger partial charge in [-0.05, 0) is 85.9 Å². The van der Waals surface area contributed by atoms with Crippen LogP contribution in [0.4, 0.5) is 16.4 Å². The summed E-state index contributed by atoms with van der Waals surface area (Å²) < 4.78 is 6.87. The molecule has 2 aliphatic rings. The zero-order valence-corrected chi connectivity index (χ0v) is 22.4. The SMILES string of the molecule is CCOC(=O)N1CC=C(c2cccn3nc(Nc4ccc(C(=O)N5CCCC5c5ccncc5)cc4)nc23)CC1. The third-order valence-corrected chi connectivity index (χ3v) is 7.44. The molecule has 0 saturated carbocycles. The second-order valence-corrected chi connectivity index (χ2v) is 9.89. The van der Waals surface area contributed by atoms with Crippen molar-refractivity contribution in [3.8, 4) is 0 Å². The van der Waals surface area contributed by atoms with Crippen molar-refractivity contribution in [2.75, 3.05) is 31.6 Å². The largest absolute Gasteiger partial charge is 0.450 e. The maximum absolute atomic E-state index is 13.3. The van der Waals surface area contributed by atoms with Crippen LogP contribution in [0.1, 0.15) is 53.7 Å². The van der Waals surface area contributed by atoms with E-state index in [2.05, 4.69) is 15.4 Å². The normalized spacial score (nSPS) is 17.1. The number of carbonyl (C=O) groups excluding carboxylic acids is 2. The highest BCUT2D eigenvalue weighted by atomic mass is 16.6. The summed E-state index contributed by atoms with van der Waals surface area (Å²) in [5, 5.41) is 7.86. The van der Waals surface area contributed by atoms with Gasteiger partial charge in [0.05, 0.1) is 12.6 Å². The minimum atomic E-state index is -0.285. The first kappa shape index (κ1) is 25.5. The van der Waals surface area contributed by atoms with Crippen LogP contribution >= 0.6 is 0 Å². The van der Waals surface area contributed by atoms with Crippen LogP contribution in [0.2, 0.25) is 0 Å². The van der Waals surface area contributed by atoms with Gasteiger partial charge in [0.2, 0.25) is 5.95 Å². The molecule has 10 nitrogen and oxygen atoms in total. The van der Waals surface area contributed by atoms with Gasteiger partial charge in [0.15, 0.2) is 5.65 Å². The van der Waals surface area contributed by atoms with Crippen molar-refractivity contribution in [2.45, 2.75) is 32.2 Å². The van der Waals surface area contributed by atoms with Crippen LogP contribution in [0.25, 0.3) is 11.2 Å². The Morgan fingerprint density at radius 2 is 1.90 bits per heavy atom. The van der Waals surface area contributed by atoms with Gasteiger partial charge in [0.1, 0.15) is 0 Å². The minimum Gasteiger partial charge on any atom is -0.450 e. The Labute approximate surface area is 232 Å². The van der Waals surface area contributed by atoms with Gasteiger partial charge in [0, 0.05) is 55.0 Å². The average molecular weight is 538 g/mol. The van der Waals surface area contributed by atoms with Gasteiger partial charge >= 0.3 is 6.09 Å². The third kappa shape index (κ3) is 5.12. The molecule has 6 rings (SSSR count). The number of pyridine rings is 2. The van der Waals surface area contributed by atoms with Gasteiger partial charge in [-0.3, -0.25) is 9.78 Å². The molecule has 204 valence electrons. The van der Waals surface area contributed by atoms with E-state index in [9.17, 15) is 9.59 Å². The minimum absolute atomic E-state index is 0.0311. The summed E-state index contributed by atoms with van der Waals surface area (Å²) >= 11 is 0. The standard InChI is InChI=1S/C30H31N7O3/c1-2-40-30(39)35-19-13-21(14-20-35)25-5-3-18-37-27(25)33-29(34-37)32-24-9-7-23(8-10-24)28(38)36-17-4-6-26(36)22-11-15-31-16-12-22/h3,5,7-13,15-16,18,26H,2,4,6,14,17,19-20H2,1H3,(H,32,34). The summed E-state index contributed by atoms with van der Waals surface area (Å²) in [5.74, 6) is 0.497. The molecule has 1 saturated heterocycles. The number of carbonyl (C=O) groups is 2.